The van der Waals surface area contributed by atoms with Gasteiger partial charge in [-0.1, -0.05) is 17.3 Å². The summed E-state index contributed by atoms with van der Waals surface area (Å²) in [5.41, 5.74) is 6.39. The van der Waals surface area contributed by atoms with Gasteiger partial charge >= 0.3 is 0 Å². The van der Waals surface area contributed by atoms with Crippen LogP contribution in [0.5, 0.6) is 0 Å². The number of likely N-dealkylation sites (tertiary alicyclic amines) is 1. The Morgan fingerprint density at radius 1 is 1.60 bits per heavy atom. The average Bonchev–Trinajstić information content (AvgIpc) is 2.85. The highest BCUT2D eigenvalue weighted by molar-refractivity contribution is 5.97. The third kappa shape index (κ3) is 3.68. The number of hydrogen-bond acceptors (Lipinski definition) is 4. The quantitative estimate of drug-likeness (QED) is 0.325. The van der Waals surface area contributed by atoms with E-state index in [1.807, 2.05) is 0 Å². The standard InChI is InChI=1S/C14H21FN4O/c1-19-5-4-10(9-19)7-17-8-12-3-2-11(6-13(12)15)14(16)18-20/h2-3,6,10,17,20H,4-5,7-9H2,1H3,(H2,16,18). The summed E-state index contributed by atoms with van der Waals surface area (Å²) in [6.45, 7) is 3.61. The Bertz CT molecular complexity index is 492. The Labute approximate surface area is 118 Å². The van der Waals surface area contributed by atoms with E-state index < -0.39 is 0 Å². The van der Waals surface area contributed by atoms with Crippen molar-refractivity contribution in [3.8, 4) is 0 Å². The Hall–Kier alpha value is -1.66. The van der Waals surface area contributed by atoms with Gasteiger partial charge in [-0.3, -0.25) is 0 Å². The molecule has 0 bridgehead atoms. The van der Waals surface area contributed by atoms with Crippen LogP contribution in [0, 0.1) is 11.7 Å². The summed E-state index contributed by atoms with van der Waals surface area (Å²) in [5.74, 6) is 0.210. The molecule has 0 aliphatic carbocycles. The molecule has 0 amide bonds. The monoisotopic (exact) mass is 280 g/mol. The summed E-state index contributed by atoms with van der Waals surface area (Å²) >= 11 is 0. The molecule has 2 rings (SSSR count). The predicted octanol–water partition coefficient (Wildman–Crippen LogP) is 0.962. The van der Waals surface area contributed by atoms with Crippen LogP contribution in [0.2, 0.25) is 0 Å². The van der Waals surface area contributed by atoms with Crippen LogP contribution >= 0.6 is 0 Å². The van der Waals surface area contributed by atoms with Crippen LogP contribution in [0.15, 0.2) is 23.4 Å². The molecule has 4 N–H and O–H groups in total. The number of benzene rings is 1. The van der Waals surface area contributed by atoms with Crippen LogP contribution in [0.3, 0.4) is 0 Å². The average molecular weight is 280 g/mol. The van der Waals surface area contributed by atoms with Crippen LogP contribution in [-0.2, 0) is 6.54 Å². The largest absolute Gasteiger partial charge is 0.409 e. The highest BCUT2D eigenvalue weighted by Crippen LogP contribution is 2.14. The maximum Gasteiger partial charge on any atom is 0.170 e. The van der Waals surface area contributed by atoms with Gasteiger partial charge in [0.15, 0.2) is 5.84 Å². The number of hydrogen-bond donors (Lipinski definition) is 3. The molecule has 20 heavy (non-hydrogen) atoms. The maximum absolute atomic E-state index is 13.9. The molecule has 0 saturated carbocycles. The van der Waals surface area contributed by atoms with Crippen molar-refractivity contribution >= 4 is 5.84 Å². The zero-order valence-electron chi connectivity index (χ0n) is 11.6. The zero-order valence-corrected chi connectivity index (χ0v) is 11.6. The molecule has 1 fully saturated rings. The molecule has 0 aromatic heterocycles. The van der Waals surface area contributed by atoms with Gasteiger partial charge in [0.1, 0.15) is 5.82 Å². The summed E-state index contributed by atoms with van der Waals surface area (Å²) in [5, 5.41) is 14.7. The SMILES string of the molecule is CN1CCC(CNCc2ccc(C(N)=NO)cc2F)C1. The molecular weight excluding hydrogens is 259 g/mol. The highest BCUT2D eigenvalue weighted by Gasteiger charge is 2.18. The number of oxime groups is 1. The van der Waals surface area contributed by atoms with Gasteiger partial charge in [-0.25, -0.2) is 4.39 Å². The van der Waals surface area contributed by atoms with Gasteiger partial charge in [0.05, 0.1) is 0 Å². The van der Waals surface area contributed by atoms with Crippen molar-refractivity contribution in [2.45, 2.75) is 13.0 Å². The van der Waals surface area contributed by atoms with E-state index in [1.165, 1.54) is 12.5 Å². The first-order chi connectivity index (χ1) is 9.60. The van der Waals surface area contributed by atoms with Crippen molar-refractivity contribution < 1.29 is 9.60 Å². The molecule has 1 atom stereocenters. The number of rotatable bonds is 5. The van der Waals surface area contributed by atoms with E-state index in [0.29, 0.717) is 23.6 Å². The van der Waals surface area contributed by atoms with E-state index in [2.05, 4.69) is 22.4 Å². The molecule has 0 radical (unpaired) electrons. The number of halogens is 1. The molecule has 1 aliphatic heterocycles. The van der Waals surface area contributed by atoms with Crippen molar-refractivity contribution in [3.63, 3.8) is 0 Å². The molecule has 1 aromatic carbocycles. The topological polar surface area (TPSA) is 73.9 Å². The molecule has 1 heterocycles. The first-order valence-electron chi connectivity index (χ1n) is 6.75. The second-order valence-electron chi connectivity index (χ2n) is 5.34. The number of nitrogens with one attached hydrogen (secondary N) is 1. The molecular formula is C14H21FN4O. The van der Waals surface area contributed by atoms with Crippen LogP contribution in [0.1, 0.15) is 17.5 Å². The van der Waals surface area contributed by atoms with E-state index in [0.717, 1.165) is 19.6 Å². The van der Waals surface area contributed by atoms with Gasteiger partial charge < -0.3 is 21.2 Å². The van der Waals surface area contributed by atoms with Crippen LogP contribution < -0.4 is 11.1 Å². The number of nitrogens with zero attached hydrogens (tertiary/aromatic N) is 2. The molecule has 1 saturated heterocycles. The summed E-state index contributed by atoms with van der Waals surface area (Å²) in [7, 11) is 2.12. The van der Waals surface area contributed by atoms with Crippen LogP contribution in [0.4, 0.5) is 4.39 Å². The lowest BCUT2D eigenvalue weighted by Crippen LogP contribution is -2.25. The smallest absolute Gasteiger partial charge is 0.170 e. The second kappa shape index (κ2) is 6.67. The Balaban J connectivity index is 1.87. The predicted molar refractivity (Wildman–Crippen MR) is 76.2 cm³/mol. The van der Waals surface area contributed by atoms with Crippen LogP contribution in [-0.4, -0.2) is 42.6 Å². The Morgan fingerprint density at radius 3 is 3.00 bits per heavy atom. The first kappa shape index (κ1) is 14.7. The highest BCUT2D eigenvalue weighted by atomic mass is 19.1. The van der Waals surface area contributed by atoms with Crippen molar-refractivity contribution in [2.75, 3.05) is 26.7 Å². The lowest BCUT2D eigenvalue weighted by Gasteiger charge is -2.12. The summed E-state index contributed by atoms with van der Waals surface area (Å²) in [4.78, 5) is 2.30. The summed E-state index contributed by atoms with van der Waals surface area (Å²) < 4.78 is 13.9. The summed E-state index contributed by atoms with van der Waals surface area (Å²) in [6, 6.07) is 4.60. The van der Waals surface area contributed by atoms with Gasteiger partial charge in [-0.15, -0.1) is 0 Å². The van der Waals surface area contributed by atoms with E-state index in [9.17, 15) is 4.39 Å². The third-order valence-corrected chi connectivity index (χ3v) is 3.69. The Kier molecular flexibility index (Phi) is 4.92. The van der Waals surface area contributed by atoms with Gasteiger partial charge in [0, 0.05) is 24.2 Å². The molecule has 0 spiro atoms. The lowest BCUT2D eigenvalue weighted by molar-refractivity contribution is 0.318. The van der Waals surface area contributed by atoms with Gasteiger partial charge in [-0.2, -0.15) is 0 Å². The number of nitrogens with two attached hydrogens (primary N) is 1. The molecule has 1 aliphatic rings. The Morgan fingerprint density at radius 2 is 2.40 bits per heavy atom. The number of amidine groups is 1. The van der Waals surface area contributed by atoms with Crippen molar-refractivity contribution in [3.05, 3.63) is 35.1 Å². The minimum atomic E-state index is -0.342. The van der Waals surface area contributed by atoms with E-state index in [-0.39, 0.29) is 11.7 Å². The maximum atomic E-state index is 13.9. The molecule has 1 aromatic rings. The second-order valence-corrected chi connectivity index (χ2v) is 5.34. The summed E-state index contributed by atoms with van der Waals surface area (Å²) in [6.07, 6.45) is 1.19. The van der Waals surface area contributed by atoms with Crippen molar-refractivity contribution in [1.82, 2.24) is 10.2 Å². The van der Waals surface area contributed by atoms with Crippen molar-refractivity contribution in [2.24, 2.45) is 16.8 Å². The van der Waals surface area contributed by atoms with E-state index >= 15 is 0 Å². The molecule has 6 heteroatoms. The lowest BCUT2D eigenvalue weighted by atomic mass is 10.1. The fraction of sp³-hybridized carbons (Fsp3) is 0.500. The van der Waals surface area contributed by atoms with Crippen LogP contribution in [0.25, 0.3) is 0 Å². The zero-order chi connectivity index (χ0) is 14.5. The minimum absolute atomic E-state index is 0.0857. The molecule has 5 nitrogen and oxygen atoms in total. The minimum Gasteiger partial charge on any atom is -0.409 e. The van der Waals surface area contributed by atoms with Crippen molar-refractivity contribution in [1.29, 1.82) is 0 Å². The molecule has 110 valence electrons. The first-order valence-corrected chi connectivity index (χ1v) is 6.75. The molecule has 1 unspecified atom stereocenters. The van der Waals surface area contributed by atoms with E-state index in [1.54, 1.807) is 12.1 Å². The fourth-order valence-corrected chi connectivity index (χ4v) is 2.51. The third-order valence-electron chi connectivity index (χ3n) is 3.69. The van der Waals surface area contributed by atoms with Gasteiger partial charge in [-0.05, 0) is 38.5 Å². The fourth-order valence-electron chi connectivity index (χ4n) is 2.51. The van der Waals surface area contributed by atoms with E-state index in [4.69, 9.17) is 10.9 Å². The van der Waals surface area contributed by atoms with Gasteiger partial charge in [0.25, 0.3) is 0 Å². The normalized spacial score (nSPS) is 20.5. The van der Waals surface area contributed by atoms with Gasteiger partial charge in [0.2, 0.25) is 0 Å².